The van der Waals surface area contributed by atoms with Crippen LogP contribution in [0, 0.1) is 0 Å². The van der Waals surface area contributed by atoms with E-state index in [0.717, 1.165) is 0 Å². The monoisotopic (exact) mass is 248 g/mol. The van der Waals surface area contributed by atoms with Gasteiger partial charge in [-0.25, -0.2) is 9.98 Å². The number of nitrogens with zero attached hydrogens (tertiary/aromatic N) is 5. The van der Waals surface area contributed by atoms with E-state index in [9.17, 15) is 9.59 Å². The highest BCUT2D eigenvalue weighted by molar-refractivity contribution is 5.86. The standard InChI is InChI=1S/C10H12N6O2/c1-6(17)16-5-11-7-8(16)13-10(14-9(7)18)12-4-15(2)3/h4-5H,1-3H3,(H,13,14,18)/b12-4+. The minimum Gasteiger partial charge on any atom is -0.369 e. The molecule has 18 heavy (non-hydrogen) atoms. The molecule has 0 saturated carbocycles. The molecule has 1 N–H and O–H groups in total. The van der Waals surface area contributed by atoms with Crippen molar-refractivity contribution in [2.75, 3.05) is 14.1 Å². The van der Waals surface area contributed by atoms with Gasteiger partial charge in [-0.1, -0.05) is 0 Å². The average Bonchev–Trinajstić information content (AvgIpc) is 2.70. The molecule has 0 amide bonds. The van der Waals surface area contributed by atoms with Gasteiger partial charge in [-0.2, -0.15) is 4.98 Å². The maximum atomic E-state index is 11.7. The van der Waals surface area contributed by atoms with Crippen LogP contribution in [0.15, 0.2) is 16.1 Å². The van der Waals surface area contributed by atoms with Crippen molar-refractivity contribution in [2.45, 2.75) is 6.92 Å². The Balaban J connectivity index is 2.62. The van der Waals surface area contributed by atoms with Crippen molar-refractivity contribution in [1.29, 1.82) is 0 Å². The third-order valence-corrected chi connectivity index (χ3v) is 2.14. The third kappa shape index (κ3) is 2.12. The zero-order chi connectivity index (χ0) is 13.3. The van der Waals surface area contributed by atoms with Gasteiger partial charge in [-0.3, -0.25) is 19.1 Å². The lowest BCUT2D eigenvalue weighted by atomic mass is 10.5. The van der Waals surface area contributed by atoms with Crippen LogP contribution in [-0.2, 0) is 0 Å². The lowest BCUT2D eigenvalue weighted by Gasteiger charge is -2.02. The number of aromatic amines is 1. The predicted octanol–water partition coefficient (Wildman–Crippen LogP) is 0.00110. The molecule has 0 aliphatic carbocycles. The molecule has 94 valence electrons. The largest absolute Gasteiger partial charge is 0.369 e. The van der Waals surface area contributed by atoms with Crippen LogP contribution in [0.2, 0.25) is 0 Å². The number of aromatic nitrogens is 4. The number of hydrogen-bond acceptors (Lipinski definition) is 5. The van der Waals surface area contributed by atoms with Gasteiger partial charge in [0.05, 0.1) is 6.34 Å². The van der Waals surface area contributed by atoms with Gasteiger partial charge >= 0.3 is 0 Å². The van der Waals surface area contributed by atoms with Gasteiger partial charge < -0.3 is 4.90 Å². The first kappa shape index (κ1) is 12.0. The first-order valence-electron chi connectivity index (χ1n) is 5.18. The molecule has 8 nitrogen and oxygen atoms in total. The van der Waals surface area contributed by atoms with Crippen molar-refractivity contribution in [1.82, 2.24) is 24.4 Å². The van der Waals surface area contributed by atoms with Gasteiger partial charge in [0.15, 0.2) is 11.2 Å². The predicted molar refractivity (Wildman–Crippen MR) is 66.3 cm³/mol. The summed E-state index contributed by atoms with van der Waals surface area (Å²) >= 11 is 0. The molecule has 0 unspecified atom stereocenters. The van der Waals surface area contributed by atoms with Crippen molar-refractivity contribution >= 4 is 29.4 Å². The fourth-order valence-corrected chi connectivity index (χ4v) is 1.36. The summed E-state index contributed by atoms with van der Waals surface area (Å²) < 4.78 is 1.21. The first-order chi connectivity index (χ1) is 8.49. The first-order valence-corrected chi connectivity index (χ1v) is 5.18. The van der Waals surface area contributed by atoms with E-state index in [1.165, 1.54) is 24.2 Å². The Hall–Kier alpha value is -2.51. The molecule has 8 heteroatoms. The number of H-pyrrole nitrogens is 1. The van der Waals surface area contributed by atoms with Crippen LogP contribution in [0.25, 0.3) is 11.2 Å². The number of hydrogen-bond donors (Lipinski definition) is 1. The molecule has 0 aliphatic rings. The van der Waals surface area contributed by atoms with Gasteiger partial charge in [0.1, 0.15) is 6.33 Å². The molecule has 2 aromatic rings. The third-order valence-electron chi connectivity index (χ3n) is 2.14. The summed E-state index contributed by atoms with van der Waals surface area (Å²) in [5.74, 6) is -0.137. The van der Waals surface area contributed by atoms with Crippen LogP contribution in [0.1, 0.15) is 11.7 Å². The SMILES string of the molecule is CC(=O)n1cnc2c(=O)[nH]c(/N=C/N(C)C)nc21. The van der Waals surface area contributed by atoms with Crippen LogP contribution in [0.3, 0.4) is 0 Å². The van der Waals surface area contributed by atoms with E-state index in [4.69, 9.17) is 0 Å². The molecular weight excluding hydrogens is 236 g/mol. The van der Waals surface area contributed by atoms with Gasteiger partial charge in [-0.05, 0) is 0 Å². The Kier molecular flexibility index (Phi) is 2.92. The van der Waals surface area contributed by atoms with Gasteiger partial charge in [0.2, 0.25) is 11.9 Å². The fourth-order valence-electron chi connectivity index (χ4n) is 1.36. The second-order valence-corrected chi connectivity index (χ2v) is 3.90. The summed E-state index contributed by atoms with van der Waals surface area (Å²) in [6, 6.07) is 0. The van der Waals surface area contributed by atoms with Crippen LogP contribution in [0.4, 0.5) is 5.95 Å². The Bertz CT molecular complexity index is 681. The highest BCUT2D eigenvalue weighted by Gasteiger charge is 2.11. The maximum absolute atomic E-state index is 11.7. The quantitative estimate of drug-likeness (QED) is 0.596. The van der Waals surface area contributed by atoms with Crippen LogP contribution >= 0.6 is 0 Å². The lowest BCUT2D eigenvalue weighted by Crippen LogP contribution is -2.12. The van der Waals surface area contributed by atoms with Crippen molar-refractivity contribution in [3.63, 3.8) is 0 Å². The number of nitrogens with one attached hydrogen (secondary N) is 1. The maximum Gasteiger partial charge on any atom is 0.280 e. The number of carbonyl (C=O) groups is 1. The summed E-state index contributed by atoms with van der Waals surface area (Å²) in [4.78, 5) is 39.1. The van der Waals surface area contributed by atoms with E-state index in [0.29, 0.717) is 0 Å². The van der Waals surface area contributed by atoms with Crippen molar-refractivity contribution in [3.05, 3.63) is 16.7 Å². The molecule has 0 aromatic carbocycles. The summed E-state index contributed by atoms with van der Waals surface area (Å²) in [5.41, 5.74) is -0.0999. The smallest absolute Gasteiger partial charge is 0.280 e. The average molecular weight is 248 g/mol. The molecule has 0 bridgehead atoms. The number of fused-ring (bicyclic) bond motifs is 1. The van der Waals surface area contributed by atoms with Crippen molar-refractivity contribution in [3.8, 4) is 0 Å². The van der Waals surface area contributed by atoms with E-state index in [1.54, 1.807) is 19.0 Å². The normalized spacial score (nSPS) is 11.3. The molecule has 2 heterocycles. The van der Waals surface area contributed by atoms with E-state index in [-0.39, 0.29) is 23.0 Å². The fraction of sp³-hybridized carbons (Fsp3) is 0.300. The minimum atomic E-state index is -0.425. The Morgan fingerprint density at radius 2 is 2.28 bits per heavy atom. The Morgan fingerprint density at radius 3 is 2.89 bits per heavy atom. The zero-order valence-electron chi connectivity index (χ0n) is 10.2. The zero-order valence-corrected chi connectivity index (χ0v) is 10.2. The second-order valence-electron chi connectivity index (χ2n) is 3.90. The second kappa shape index (κ2) is 4.40. The molecule has 0 atom stereocenters. The van der Waals surface area contributed by atoms with E-state index >= 15 is 0 Å². The van der Waals surface area contributed by atoms with E-state index < -0.39 is 5.56 Å². The van der Waals surface area contributed by atoms with E-state index in [2.05, 4.69) is 19.9 Å². The lowest BCUT2D eigenvalue weighted by molar-refractivity contribution is 0.0940. The van der Waals surface area contributed by atoms with Gasteiger partial charge in [-0.15, -0.1) is 0 Å². The summed E-state index contributed by atoms with van der Waals surface area (Å²) in [6.45, 7) is 1.37. The molecular formula is C10H12N6O2. The van der Waals surface area contributed by atoms with Gasteiger partial charge in [0, 0.05) is 21.0 Å². The Labute approximate surface area is 102 Å². The topological polar surface area (TPSA) is 96.2 Å². The van der Waals surface area contributed by atoms with Crippen molar-refractivity contribution in [2.24, 2.45) is 4.99 Å². The summed E-state index contributed by atoms with van der Waals surface area (Å²) in [5, 5.41) is 0. The van der Waals surface area contributed by atoms with Crippen LogP contribution in [0.5, 0.6) is 0 Å². The van der Waals surface area contributed by atoms with E-state index in [1.807, 2.05) is 0 Å². The number of rotatable bonds is 2. The minimum absolute atomic E-state index is 0.119. The molecule has 0 fully saturated rings. The summed E-state index contributed by atoms with van der Waals surface area (Å²) in [6.07, 6.45) is 2.77. The number of imidazole rings is 1. The van der Waals surface area contributed by atoms with Crippen LogP contribution in [-0.4, -0.2) is 50.8 Å². The molecule has 0 radical (unpaired) electrons. The molecule has 0 spiro atoms. The Morgan fingerprint density at radius 1 is 1.56 bits per heavy atom. The molecule has 0 saturated heterocycles. The van der Waals surface area contributed by atoms with Gasteiger partial charge in [0.25, 0.3) is 5.56 Å². The molecule has 2 aromatic heterocycles. The molecule has 2 rings (SSSR count). The van der Waals surface area contributed by atoms with Crippen molar-refractivity contribution < 1.29 is 4.79 Å². The highest BCUT2D eigenvalue weighted by atomic mass is 16.2. The number of aliphatic imine (C=N–C) groups is 1. The summed E-state index contributed by atoms with van der Waals surface area (Å²) in [7, 11) is 3.58. The van der Waals surface area contributed by atoms with Crippen LogP contribution < -0.4 is 5.56 Å². The molecule has 0 aliphatic heterocycles. The highest BCUT2D eigenvalue weighted by Crippen LogP contribution is 2.09. The number of carbonyl (C=O) groups excluding carboxylic acids is 1.